The Morgan fingerprint density at radius 1 is 1.11 bits per heavy atom. The SMILES string of the molecule is CCCCCCCCOC(N)=O.OCC(O)CO. The van der Waals surface area contributed by atoms with Crippen LogP contribution in [-0.2, 0) is 4.74 Å². The van der Waals surface area contributed by atoms with Crippen LogP contribution >= 0.6 is 0 Å². The third kappa shape index (κ3) is 20.5. The van der Waals surface area contributed by atoms with Gasteiger partial charge in [-0.25, -0.2) is 4.79 Å². The van der Waals surface area contributed by atoms with Gasteiger partial charge in [0.05, 0.1) is 19.8 Å². The van der Waals surface area contributed by atoms with Gasteiger partial charge in [-0.15, -0.1) is 0 Å². The first-order valence-corrected chi connectivity index (χ1v) is 6.40. The van der Waals surface area contributed by atoms with E-state index in [1.54, 1.807) is 0 Å². The van der Waals surface area contributed by atoms with Crippen LogP contribution in [0.15, 0.2) is 0 Å². The van der Waals surface area contributed by atoms with Crippen LogP contribution in [-0.4, -0.2) is 47.3 Å². The van der Waals surface area contributed by atoms with Crippen LogP contribution in [0.4, 0.5) is 4.79 Å². The second kappa shape index (κ2) is 16.1. The van der Waals surface area contributed by atoms with Gasteiger partial charge in [-0.05, 0) is 6.42 Å². The Morgan fingerprint density at radius 3 is 2.00 bits per heavy atom. The van der Waals surface area contributed by atoms with E-state index in [-0.39, 0.29) is 13.2 Å². The lowest BCUT2D eigenvalue weighted by Crippen LogP contribution is -2.15. The van der Waals surface area contributed by atoms with Crippen LogP contribution in [0.3, 0.4) is 0 Å². The molecule has 6 nitrogen and oxygen atoms in total. The molecular formula is C12H27NO5. The topological polar surface area (TPSA) is 113 Å². The van der Waals surface area contributed by atoms with Gasteiger partial charge in [0.1, 0.15) is 6.10 Å². The molecule has 0 bridgehead atoms. The molecule has 0 heterocycles. The highest BCUT2D eigenvalue weighted by molar-refractivity contribution is 5.64. The normalized spacial score (nSPS) is 9.83. The van der Waals surface area contributed by atoms with E-state index in [4.69, 9.17) is 21.1 Å². The summed E-state index contributed by atoms with van der Waals surface area (Å²) in [6, 6.07) is 0. The Balaban J connectivity index is 0. The zero-order valence-electron chi connectivity index (χ0n) is 11.2. The number of carbonyl (C=O) groups excluding carboxylic acids is 1. The van der Waals surface area contributed by atoms with Crippen LogP contribution < -0.4 is 5.73 Å². The van der Waals surface area contributed by atoms with Crippen molar-refractivity contribution in [2.24, 2.45) is 5.73 Å². The van der Waals surface area contributed by atoms with Gasteiger partial charge in [0, 0.05) is 0 Å². The maximum atomic E-state index is 10.1. The lowest BCUT2D eigenvalue weighted by atomic mass is 10.1. The molecule has 0 radical (unpaired) electrons. The number of ether oxygens (including phenoxy) is 1. The Labute approximate surface area is 109 Å². The second-order valence-electron chi connectivity index (χ2n) is 3.95. The molecule has 0 unspecified atom stereocenters. The number of nitrogens with two attached hydrogens (primary N) is 1. The summed E-state index contributed by atoms with van der Waals surface area (Å²) in [6.07, 6.45) is 5.53. The Morgan fingerprint density at radius 2 is 1.61 bits per heavy atom. The van der Waals surface area contributed by atoms with Gasteiger partial charge in [-0.2, -0.15) is 0 Å². The molecule has 0 atom stereocenters. The number of rotatable bonds is 9. The zero-order chi connectivity index (χ0) is 14.2. The number of hydrogen-bond acceptors (Lipinski definition) is 5. The quantitative estimate of drug-likeness (QED) is 0.460. The number of aliphatic hydroxyl groups is 3. The third-order valence-electron chi connectivity index (χ3n) is 2.16. The van der Waals surface area contributed by atoms with Crippen LogP contribution in [0.1, 0.15) is 45.4 Å². The van der Waals surface area contributed by atoms with Crippen molar-refractivity contribution < 1.29 is 24.9 Å². The number of primary amides is 1. The van der Waals surface area contributed by atoms with Crippen LogP contribution in [0, 0.1) is 0 Å². The Hall–Kier alpha value is -0.850. The van der Waals surface area contributed by atoms with Gasteiger partial charge in [-0.1, -0.05) is 39.0 Å². The summed E-state index contributed by atoms with van der Waals surface area (Å²) in [5.74, 6) is 0. The molecule has 0 aromatic heterocycles. The van der Waals surface area contributed by atoms with Crippen molar-refractivity contribution >= 4 is 6.09 Å². The molecule has 0 aliphatic heterocycles. The summed E-state index contributed by atoms with van der Waals surface area (Å²) >= 11 is 0. The number of carbonyl (C=O) groups is 1. The van der Waals surface area contributed by atoms with Gasteiger partial charge in [0.15, 0.2) is 0 Å². The molecule has 0 aromatic carbocycles. The van der Waals surface area contributed by atoms with E-state index in [0.717, 1.165) is 12.8 Å². The zero-order valence-corrected chi connectivity index (χ0v) is 11.2. The van der Waals surface area contributed by atoms with Crippen molar-refractivity contribution in [3.05, 3.63) is 0 Å². The molecule has 5 N–H and O–H groups in total. The predicted molar refractivity (Wildman–Crippen MR) is 69.1 cm³/mol. The average Bonchev–Trinajstić information content (AvgIpc) is 2.37. The van der Waals surface area contributed by atoms with Crippen molar-refractivity contribution in [3.8, 4) is 0 Å². The summed E-state index contributed by atoms with van der Waals surface area (Å²) in [5.41, 5.74) is 4.79. The fraction of sp³-hybridized carbons (Fsp3) is 0.917. The molecule has 6 heteroatoms. The molecule has 0 spiro atoms. The lowest BCUT2D eigenvalue weighted by molar-refractivity contribution is 0.0450. The summed E-state index contributed by atoms with van der Waals surface area (Å²) in [6.45, 7) is 1.94. The molecule has 0 rings (SSSR count). The lowest BCUT2D eigenvalue weighted by Gasteiger charge is -2.00. The summed E-state index contributed by atoms with van der Waals surface area (Å²) < 4.78 is 4.59. The van der Waals surface area contributed by atoms with Crippen LogP contribution in [0.5, 0.6) is 0 Å². The molecule has 0 saturated heterocycles. The van der Waals surface area contributed by atoms with Crippen molar-refractivity contribution in [1.82, 2.24) is 0 Å². The third-order valence-corrected chi connectivity index (χ3v) is 2.16. The van der Waals surface area contributed by atoms with Crippen LogP contribution in [0.2, 0.25) is 0 Å². The molecule has 110 valence electrons. The van der Waals surface area contributed by atoms with Crippen molar-refractivity contribution in [3.63, 3.8) is 0 Å². The molecule has 0 fully saturated rings. The fourth-order valence-corrected chi connectivity index (χ4v) is 1.11. The molecule has 0 aliphatic rings. The number of unbranched alkanes of at least 4 members (excludes halogenated alkanes) is 5. The first kappa shape index (κ1) is 19.5. The molecule has 0 aliphatic carbocycles. The summed E-state index contributed by atoms with van der Waals surface area (Å²) in [7, 11) is 0. The molecular weight excluding hydrogens is 238 g/mol. The highest BCUT2D eigenvalue weighted by Crippen LogP contribution is 2.04. The van der Waals surface area contributed by atoms with Gasteiger partial charge < -0.3 is 25.8 Å². The maximum absolute atomic E-state index is 10.1. The number of aliphatic hydroxyl groups excluding tert-OH is 3. The minimum Gasteiger partial charge on any atom is -0.450 e. The summed E-state index contributed by atoms with van der Waals surface area (Å²) in [4.78, 5) is 10.1. The first-order valence-electron chi connectivity index (χ1n) is 6.40. The monoisotopic (exact) mass is 265 g/mol. The summed E-state index contributed by atoms with van der Waals surface area (Å²) in [5, 5.41) is 24.0. The Bertz CT molecular complexity index is 174. The van der Waals surface area contributed by atoms with E-state index in [1.807, 2.05) is 0 Å². The molecule has 1 amide bonds. The average molecular weight is 265 g/mol. The highest BCUT2D eigenvalue weighted by atomic mass is 16.5. The van der Waals surface area contributed by atoms with Gasteiger partial charge in [0.25, 0.3) is 0 Å². The second-order valence-corrected chi connectivity index (χ2v) is 3.95. The van der Waals surface area contributed by atoms with Crippen molar-refractivity contribution in [2.45, 2.75) is 51.6 Å². The standard InChI is InChI=1S/C9H19NO2.C3H8O3/c1-2-3-4-5-6-7-8-12-9(10)11;4-1-3(6)2-5/h2-8H2,1H3,(H2,10,11);3-6H,1-2H2. The van der Waals surface area contributed by atoms with Gasteiger partial charge in [0.2, 0.25) is 0 Å². The molecule has 0 saturated carbocycles. The molecule has 0 aromatic rings. The smallest absolute Gasteiger partial charge is 0.404 e. The van der Waals surface area contributed by atoms with E-state index in [9.17, 15) is 4.79 Å². The maximum Gasteiger partial charge on any atom is 0.404 e. The van der Waals surface area contributed by atoms with Gasteiger partial charge >= 0.3 is 6.09 Å². The first-order chi connectivity index (χ1) is 8.58. The van der Waals surface area contributed by atoms with Crippen molar-refractivity contribution in [1.29, 1.82) is 0 Å². The van der Waals surface area contributed by atoms with E-state index in [1.165, 1.54) is 25.7 Å². The van der Waals surface area contributed by atoms with Crippen LogP contribution in [0.25, 0.3) is 0 Å². The minimum absolute atomic E-state index is 0.365. The van der Waals surface area contributed by atoms with E-state index in [0.29, 0.717) is 6.61 Å². The molecule has 18 heavy (non-hydrogen) atoms. The minimum atomic E-state index is -0.954. The number of hydrogen-bond donors (Lipinski definition) is 4. The van der Waals surface area contributed by atoms with E-state index in [2.05, 4.69) is 11.7 Å². The predicted octanol–water partition coefficient (Wildman–Crippen LogP) is 0.774. The van der Waals surface area contributed by atoms with E-state index < -0.39 is 12.2 Å². The van der Waals surface area contributed by atoms with E-state index >= 15 is 0 Å². The fourth-order valence-electron chi connectivity index (χ4n) is 1.11. The van der Waals surface area contributed by atoms with Gasteiger partial charge in [-0.3, -0.25) is 0 Å². The largest absolute Gasteiger partial charge is 0.450 e. The Kier molecular flexibility index (Phi) is 17.5. The number of amides is 1. The van der Waals surface area contributed by atoms with Crippen molar-refractivity contribution in [2.75, 3.05) is 19.8 Å². The highest BCUT2D eigenvalue weighted by Gasteiger charge is 1.94.